The van der Waals surface area contributed by atoms with E-state index in [1.165, 1.54) is 0 Å². The van der Waals surface area contributed by atoms with Gasteiger partial charge >= 0.3 is 11.9 Å². The Hall–Kier alpha value is -1.86. The lowest BCUT2D eigenvalue weighted by molar-refractivity contribution is -0.151. The fourth-order valence-electron chi connectivity index (χ4n) is 1.14. The van der Waals surface area contributed by atoms with Crippen molar-refractivity contribution in [3.05, 3.63) is 23.3 Å². The van der Waals surface area contributed by atoms with Crippen molar-refractivity contribution >= 4 is 11.9 Å². The molecule has 0 heterocycles. The molecule has 2 N–H and O–H groups in total. The summed E-state index contributed by atoms with van der Waals surface area (Å²) >= 11 is 0. The van der Waals surface area contributed by atoms with Crippen molar-refractivity contribution in [3.8, 4) is 0 Å². The zero-order valence-electron chi connectivity index (χ0n) is 7.38. The van der Waals surface area contributed by atoms with Crippen molar-refractivity contribution in [1.82, 2.24) is 0 Å². The van der Waals surface area contributed by atoms with Gasteiger partial charge in [-0.25, -0.2) is 27.2 Å². The van der Waals surface area contributed by atoms with E-state index in [9.17, 15) is 27.2 Å². The van der Waals surface area contributed by atoms with Crippen LogP contribution < -0.4 is 0 Å². The summed E-state index contributed by atoms with van der Waals surface area (Å²) < 4.78 is 52.1. The van der Waals surface area contributed by atoms with Crippen LogP contribution in [0.25, 0.3) is 0 Å². The normalized spacial score (nSPS) is 30.0. The lowest BCUT2D eigenvalue weighted by atomic mass is 9.88. The highest BCUT2D eigenvalue weighted by atomic mass is 19.2. The van der Waals surface area contributed by atoms with Gasteiger partial charge in [-0.1, -0.05) is 0 Å². The molecule has 0 saturated heterocycles. The number of hydrogen-bond donors (Lipinski definition) is 2. The second-order valence-electron chi connectivity index (χ2n) is 2.96. The van der Waals surface area contributed by atoms with Crippen LogP contribution in [0.2, 0.25) is 0 Å². The molecule has 2 atom stereocenters. The number of allylic oxidation sites excluding steroid dienone is 2. The molecule has 0 aromatic carbocycles. The molecular weight excluding hydrogens is 236 g/mol. The smallest absolute Gasteiger partial charge is 0.349 e. The highest BCUT2D eigenvalue weighted by Gasteiger charge is 2.54. The molecule has 0 fully saturated rings. The van der Waals surface area contributed by atoms with Gasteiger partial charge in [0.05, 0.1) is 0 Å². The summed E-state index contributed by atoms with van der Waals surface area (Å²) in [5.74, 6) is -8.89. The predicted molar refractivity (Wildman–Crippen MR) is 41.3 cm³/mol. The highest BCUT2D eigenvalue weighted by Crippen LogP contribution is 2.38. The lowest BCUT2D eigenvalue weighted by Crippen LogP contribution is -2.46. The van der Waals surface area contributed by atoms with Gasteiger partial charge in [0.1, 0.15) is 5.57 Å². The Balaban J connectivity index is 3.41. The monoisotopic (exact) mass is 240 g/mol. The Labute approximate surface area is 85.5 Å². The topological polar surface area (TPSA) is 74.6 Å². The molecule has 0 aliphatic heterocycles. The van der Waals surface area contributed by atoms with Gasteiger partial charge in [0.2, 0.25) is 0 Å². The van der Waals surface area contributed by atoms with E-state index in [4.69, 9.17) is 10.2 Å². The second-order valence-corrected chi connectivity index (χ2v) is 2.96. The van der Waals surface area contributed by atoms with Gasteiger partial charge in [0, 0.05) is 6.08 Å². The quantitative estimate of drug-likeness (QED) is 0.713. The third-order valence-electron chi connectivity index (χ3n) is 1.96. The third-order valence-corrected chi connectivity index (χ3v) is 1.96. The average Bonchev–Trinajstić information content (AvgIpc) is 2.14. The Bertz CT molecular complexity index is 428. The zero-order valence-corrected chi connectivity index (χ0v) is 7.38. The van der Waals surface area contributed by atoms with Crippen molar-refractivity contribution < 1.29 is 37.4 Å². The van der Waals surface area contributed by atoms with E-state index in [0.717, 1.165) is 0 Å². The van der Waals surface area contributed by atoms with E-state index in [2.05, 4.69) is 0 Å². The van der Waals surface area contributed by atoms with Crippen LogP contribution in [0.4, 0.5) is 17.6 Å². The molecule has 0 saturated carbocycles. The Morgan fingerprint density at radius 1 is 1.31 bits per heavy atom. The van der Waals surface area contributed by atoms with Crippen LogP contribution in [0.1, 0.15) is 0 Å². The van der Waals surface area contributed by atoms with E-state index in [-0.39, 0.29) is 0 Å². The number of carbonyl (C=O) groups is 2. The molecule has 2 unspecified atom stereocenters. The van der Waals surface area contributed by atoms with Gasteiger partial charge in [-0.05, 0) is 0 Å². The number of alkyl halides is 2. The van der Waals surface area contributed by atoms with Crippen LogP contribution in [-0.2, 0) is 9.59 Å². The number of halogens is 4. The van der Waals surface area contributed by atoms with Gasteiger partial charge in [0.25, 0.3) is 5.67 Å². The Kier molecular flexibility index (Phi) is 2.76. The number of carboxylic acid groups (broad SMARTS) is 2. The summed E-state index contributed by atoms with van der Waals surface area (Å²) in [5.41, 5.74) is -5.81. The summed E-state index contributed by atoms with van der Waals surface area (Å²) in [6, 6.07) is 0. The summed E-state index contributed by atoms with van der Waals surface area (Å²) in [4.78, 5) is 20.7. The van der Waals surface area contributed by atoms with Gasteiger partial charge in [0.15, 0.2) is 17.8 Å². The molecule has 0 spiro atoms. The van der Waals surface area contributed by atoms with E-state index >= 15 is 0 Å². The van der Waals surface area contributed by atoms with Crippen LogP contribution in [0.5, 0.6) is 0 Å². The van der Waals surface area contributed by atoms with Crippen molar-refractivity contribution in [3.63, 3.8) is 0 Å². The largest absolute Gasteiger partial charge is 0.479 e. The van der Waals surface area contributed by atoms with Gasteiger partial charge < -0.3 is 10.2 Å². The van der Waals surface area contributed by atoms with Crippen LogP contribution >= 0.6 is 0 Å². The molecule has 16 heavy (non-hydrogen) atoms. The molecule has 1 rings (SSSR count). The summed E-state index contributed by atoms with van der Waals surface area (Å²) in [5, 5.41) is 16.6. The maximum Gasteiger partial charge on any atom is 0.349 e. The van der Waals surface area contributed by atoms with Crippen molar-refractivity contribution in [2.24, 2.45) is 0 Å². The van der Waals surface area contributed by atoms with Crippen LogP contribution in [0.3, 0.4) is 0 Å². The molecule has 88 valence electrons. The lowest BCUT2D eigenvalue weighted by Gasteiger charge is -2.25. The van der Waals surface area contributed by atoms with Gasteiger partial charge in [-0.3, -0.25) is 0 Å². The third kappa shape index (κ3) is 1.55. The summed E-state index contributed by atoms with van der Waals surface area (Å²) in [6.45, 7) is 0. The van der Waals surface area contributed by atoms with Crippen molar-refractivity contribution in [1.29, 1.82) is 0 Å². The van der Waals surface area contributed by atoms with Crippen molar-refractivity contribution in [2.75, 3.05) is 0 Å². The maximum absolute atomic E-state index is 13.4. The Morgan fingerprint density at radius 3 is 2.19 bits per heavy atom. The Morgan fingerprint density at radius 2 is 1.81 bits per heavy atom. The van der Waals surface area contributed by atoms with Crippen LogP contribution in [0, 0.1) is 0 Å². The number of hydrogen-bond acceptors (Lipinski definition) is 2. The van der Waals surface area contributed by atoms with E-state index in [1.54, 1.807) is 0 Å². The maximum atomic E-state index is 13.4. The molecule has 0 amide bonds. The van der Waals surface area contributed by atoms with E-state index in [1.807, 2.05) is 0 Å². The van der Waals surface area contributed by atoms with Gasteiger partial charge in [-0.15, -0.1) is 0 Å². The minimum Gasteiger partial charge on any atom is -0.479 e. The predicted octanol–water partition coefficient (Wildman–Crippen LogP) is 1.29. The molecule has 1 aliphatic carbocycles. The van der Waals surface area contributed by atoms with Crippen molar-refractivity contribution in [2.45, 2.75) is 11.8 Å². The summed E-state index contributed by atoms with van der Waals surface area (Å²) in [7, 11) is 0. The standard InChI is InChI=1S/C8H4F4O4/c9-2-1-8(12,7(15)16)5(11)3(4(2)10)6(13)14/h1,5H,(H,13,14)(H,15,16). The average molecular weight is 240 g/mol. The van der Waals surface area contributed by atoms with Crippen LogP contribution in [0.15, 0.2) is 23.3 Å². The number of aliphatic carboxylic acids is 2. The molecule has 0 aromatic heterocycles. The van der Waals surface area contributed by atoms with Crippen LogP contribution in [-0.4, -0.2) is 34.0 Å². The molecule has 8 heteroatoms. The highest BCUT2D eigenvalue weighted by molar-refractivity contribution is 5.94. The molecule has 1 aliphatic rings. The number of carboxylic acids is 2. The zero-order chi connectivity index (χ0) is 12.7. The molecule has 4 nitrogen and oxygen atoms in total. The van der Waals surface area contributed by atoms with Gasteiger partial charge in [-0.2, -0.15) is 0 Å². The number of rotatable bonds is 2. The SMILES string of the molecule is O=C(O)C1=C(F)C(F)=CC(F)(C(=O)O)C1F. The first-order valence-corrected chi connectivity index (χ1v) is 3.80. The minimum absolute atomic E-state index is 0.443. The fraction of sp³-hybridized carbons (Fsp3) is 0.250. The van der Waals surface area contributed by atoms with E-state index < -0.39 is 47.1 Å². The van der Waals surface area contributed by atoms with E-state index in [0.29, 0.717) is 0 Å². The first-order chi connectivity index (χ1) is 7.21. The molecule has 0 radical (unpaired) electrons. The fourth-order valence-corrected chi connectivity index (χ4v) is 1.14. The molecule has 0 bridgehead atoms. The second kappa shape index (κ2) is 3.62. The molecular formula is C8H4F4O4. The first kappa shape index (κ1) is 12.2. The molecule has 0 aromatic rings. The first-order valence-electron chi connectivity index (χ1n) is 3.80. The summed E-state index contributed by atoms with van der Waals surface area (Å²) in [6.07, 6.45) is -3.76. The minimum atomic E-state index is -3.92.